The van der Waals surface area contributed by atoms with E-state index in [1.165, 1.54) is 0 Å². The number of carbonyl (C=O) groups is 1. The summed E-state index contributed by atoms with van der Waals surface area (Å²) in [5.74, 6) is -0.948. The van der Waals surface area contributed by atoms with Crippen LogP contribution in [0.1, 0.15) is 15.9 Å². The van der Waals surface area contributed by atoms with Crippen LogP contribution >= 0.6 is 23.2 Å². The van der Waals surface area contributed by atoms with E-state index in [9.17, 15) is 9.90 Å². The van der Waals surface area contributed by atoms with Crippen LogP contribution < -0.4 is 4.90 Å². The van der Waals surface area contributed by atoms with E-state index in [4.69, 9.17) is 23.2 Å². The SMILES string of the molecule is O=C(O)c1ccccc1N(CCc1ccc(Cl)c(Cl)c1)c1ccccc1. The van der Waals surface area contributed by atoms with Crippen LogP contribution in [-0.4, -0.2) is 17.6 Å². The molecule has 0 aliphatic rings. The van der Waals surface area contributed by atoms with E-state index < -0.39 is 5.97 Å². The highest BCUT2D eigenvalue weighted by atomic mass is 35.5. The zero-order valence-electron chi connectivity index (χ0n) is 13.9. The van der Waals surface area contributed by atoms with Gasteiger partial charge in [0, 0.05) is 12.2 Å². The smallest absolute Gasteiger partial charge is 0.337 e. The Kier molecular flexibility index (Phi) is 5.82. The van der Waals surface area contributed by atoms with Crippen LogP contribution in [0.4, 0.5) is 11.4 Å². The number of carboxylic acid groups (broad SMARTS) is 1. The number of benzene rings is 3. The van der Waals surface area contributed by atoms with Crippen molar-refractivity contribution in [1.29, 1.82) is 0 Å². The van der Waals surface area contributed by atoms with Crippen LogP contribution in [0.2, 0.25) is 10.0 Å². The molecule has 132 valence electrons. The summed E-state index contributed by atoms with van der Waals surface area (Å²) in [5, 5.41) is 10.6. The Morgan fingerprint density at radius 2 is 1.58 bits per heavy atom. The van der Waals surface area contributed by atoms with E-state index in [-0.39, 0.29) is 5.56 Å². The lowest BCUT2D eigenvalue weighted by Crippen LogP contribution is -2.22. The molecule has 1 N–H and O–H groups in total. The Morgan fingerprint density at radius 3 is 2.27 bits per heavy atom. The molecule has 0 saturated heterocycles. The minimum absolute atomic E-state index is 0.269. The molecular formula is C21H17Cl2NO2. The van der Waals surface area contributed by atoms with Crippen molar-refractivity contribution >= 4 is 40.5 Å². The number of nitrogens with zero attached hydrogens (tertiary/aromatic N) is 1. The highest BCUT2D eigenvalue weighted by Gasteiger charge is 2.17. The van der Waals surface area contributed by atoms with Crippen LogP contribution in [0.5, 0.6) is 0 Å². The fraction of sp³-hybridized carbons (Fsp3) is 0.0952. The predicted octanol–water partition coefficient (Wildman–Crippen LogP) is 6.07. The normalized spacial score (nSPS) is 10.5. The van der Waals surface area contributed by atoms with E-state index in [1.807, 2.05) is 59.5 Å². The summed E-state index contributed by atoms with van der Waals surface area (Å²) in [7, 11) is 0. The lowest BCUT2D eigenvalue weighted by molar-refractivity contribution is 0.0697. The van der Waals surface area contributed by atoms with Gasteiger partial charge in [-0.3, -0.25) is 0 Å². The van der Waals surface area contributed by atoms with E-state index in [2.05, 4.69) is 0 Å². The molecule has 0 aliphatic carbocycles. The van der Waals surface area contributed by atoms with Crippen LogP contribution in [0.3, 0.4) is 0 Å². The maximum Gasteiger partial charge on any atom is 0.337 e. The average Bonchev–Trinajstić information content (AvgIpc) is 2.66. The average molecular weight is 386 g/mol. The van der Waals surface area contributed by atoms with Crippen LogP contribution in [0, 0.1) is 0 Å². The second kappa shape index (κ2) is 8.26. The van der Waals surface area contributed by atoms with Crippen molar-refractivity contribution in [1.82, 2.24) is 0 Å². The number of aromatic carboxylic acids is 1. The first-order valence-electron chi connectivity index (χ1n) is 8.15. The van der Waals surface area contributed by atoms with Crippen LogP contribution in [0.15, 0.2) is 72.8 Å². The number of hydrogen-bond acceptors (Lipinski definition) is 2. The third-order valence-electron chi connectivity index (χ3n) is 4.10. The molecule has 0 heterocycles. The van der Waals surface area contributed by atoms with Crippen molar-refractivity contribution in [2.45, 2.75) is 6.42 Å². The van der Waals surface area contributed by atoms with Gasteiger partial charge in [0.1, 0.15) is 0 Å². The van der Waals surface area contributed by atoms with Crippen molar-refractivity contribution in [3.63, 3.8) is 0 Å². The molecule has 0 fully saturated rings. The van der Waals surface area contributed by atoms with Gasteiger partial charge in [-0.1, -0.05) is 59.6 Å². The highest BCUT2D eigenvalue weighted by Crippen LogP contribution is 2.29. The molecule has 3 aromatic carbocycles. The molecule has 0 aliphatic heterocycles. The number of halogens is 2. The van der Waals surface area contributed by atoms with Gasteiger partial charge in [-0.25, -0.2) is 4.79 Å². The Balaban J connectivity index is 1.95. The van der Waals surface area contributed by atoms with E-state index in [0.29, 0.717) is 28.7 Å². The summed E-state index contributed by atoms with van der Waals surface area (Å²) in [6.07, 6.45) is 0.694. The van der Waals surface area contributed by atoms with E-state index >= 15 is 0 Å². The number of carboxylic acids is 1. The molecule has 0 spiro atoms. The summed E-state index contributed by atoms with van der Waals surface area (Å²) in [6, 6.07) is 22.3. The van der Waals surface area contributed by atoms with Crippen molar-refractivity contribution in [3.8, 4) is 0 Å². The molecule has 26 heavy (non-hydrogen) atoms. The van der Waals surface area contributed by atoms with Gasteiger partial charge >= 0.3 is 5.97 Å². The summed E-state index contributed by atoms with van der Waals surface area (Å²) in [4.78, 5) is 13.7. The van der Waals surface area contributed by atoms with Gasteiger partial charge in [0.25, 0.3) is 0 Å². The van der Waals surface area contributed by atoms with Crippen molar-refractivity contribution in [2.75, 3.05) is 11.4 Å². The van der Waals surface area contributed by atoms with Crippen molar-refractivity contribution < 1.29 is 9.90 Å². The molecule has 0 bridgehead atoms. The Morgan fingerprint density at radius 1 is 0.885 bits per heavy atom. The van der Waals surface area contributed by atoms with E-state index in [1.54, 1.807) is 18.2 Å². The van der Waals surface area contributed by atoms with Crippen molar-refractivity contribution in [2.24, 2.45) is 0 Å². The van der Waals surface area contributed by atoms with Gasteiger partial charge in [0.05, 0.1) is 21.3 Å². The zero-order chi connectivity index (χ0) is 18.5. The minimum atomic E-state index is -0.948. The Bertz CT molecular complexity index is 913. The van der Waals surface area contributed by atoms with E-state index in [0.717, 1.165) is 11.3 Å². The fourth-order valence-corrected chi connectivity index (χ4v) is 3.14. The first-order valence-corrected chi connectivity index (χ1v) is 8.90. The molecule has 3 rings (SSSR count). The lowest BCUT2D eigenvalue weighted by atomic mass is 10.1. The van der Waals surface area contributed by atoms with Crippen LogP contribution in [-0.2, 0) is 6.42 Å². The Hall–Kier alpha value is -2.49. The van der Waals surface area contributed by atoms with Gasteiger partial charge in [0.2, 0.25) is 0 Å². The maximum atomic E-state index is 11.7. The molecule has 0 radical (unpaired) electrons. The fourth-order valence-electron chi connectivity index (χ4n) is 2.82. The predicted molar refractivity (Wildman–Crippen MR) is 107 cm³/mol. The summed E-state index contributed by atoms with van der Waals surface area (Å²) in [6.45, 7) is 0.603. The molecule has 0 unspecified atom stereocenters. The first-order chi connectivity index (χ1) is 12.6. The van der Waals surface area contributed by atoms with Gasteiger partial charge in [-0.2, -0.15) is 0 Å². The summed E-state index contributed by atoms with van der Waals surface area (Å²) < 4.78 is 0. The topological polar surface area (TPSA) is 40.5 Å². The molecular weight excluding hydrogens is 369 g/mol. The van der Waals surface area contributed by atoms with Gasteiger partial charge in [-0.05, 0) is 48.4 Å². The maximum absolute atomic E-state index is 11.7. The molecule has 0 saturated carbocycles. The van der Waals surface area contributed by atoms with Gasteiger partial charge in [0.15, 0.2) is 0 Å². The molecule has 0 aromatic heterocycles. The second-order valence-corrected chi connectivity index (χ2v) is 6.62. The highest BCUT2D eigenvalue weighted by molar-refractivity contribution is 6.42. The number of para-hydroxylation sites is 2. The largest absolute Gasteiger partial charge is 0.478 e. The third kappa shape index (κ3) is 4.18. The Labute approximate surface area is 162 Å². The third-order valence-corrected chi connectivity index (χ3v) is 4.84. The van der Waals surface area contributed by atoms with Gasteiger partial charge in [-0.15, -0.1) is 0 Å². The number of hydrogen-bond donors (Lipinski definition) is 1. The van der Waals surface area contributed by atoms with Crippen LogP contribution in [0.25, 0.3) is 0 Å². The minimum Gasteiger partial charge on any atom is -0.478 e. The lowest BCUT2D eigenvalue weighted by Gasteiger charge is -2.26. The molecule has 0 amide bonds. The number of anilines is 2. The molecule has 3 aromatic rings. The zero-order valence-corrected chi connectivity index (χ0v) is 15.4. The molecule has 3 nitrogen and oxygen atoms in total. The quantitative estimate of drug-likeness (QED) is 0.559. The standard InChI is InChI=1S/C21H17Cl2NO2/c22-18-11-10-15(14-19(18)23)12-13-24(16-6-2-1-3-7-16)20-9-5-4-8-17(20)21(25)26/h1-11,14H,12-13H2,(H,25,26). The van der Waals surface area contributed by atoms with Crippen molar-refractivity contribution in [3.05, 3.63) is 94.0 Å². The monoisotopic (exact) mass is 385 g/mol. The first kappa shape index (κ1) is 18.3. The second-order valence-electron chi connectivity index (χ2n) is 5.81. The number of rotatable bonds is 6. The molecule has 0 atom stereocenters. The summed E-state index contributed by atoms with van der Waals surface area (Å²) in [5.41, 5.74) is 2.89. The van der Waals surface area contributed by atoms with Gasteiger partial charge < -0.3 is 10.0 Å². The molecule has 5 heteroatoms. The summed E-state index contributed by atoms with van der Waals surface area (Å²) >= 11 is 12.1.